The number of hydrogen-bond acceptors (Lipinski definition) is 2. The van der Waals surface area contributed by atoms with Gasteiger partial charge >= 0.3 is 0 Å². The largest absolute Gasteiger partial charge is 0.374 e. The first-order valence-electron chi connectivity index (χ1n) is 8.05. The molecule has 122 valence electrons. The molecule has 0 radical (unpaired) electrons. The summed E-state index contributed by atoms with van der Waals surface area (Å²) in [6.07, 6.45) is 5.14. The molecule has 22 heavy (non-hydrogen) atoms. The third kappa shape index (κ3) is 4.27. The summed E-state index contributed by atoms with van der Waals surface area (Å²) in [5.74, 6) is 1.98. The van der Waals surface area contributed by atoms with Gasteiger partial charge in [-0.25, -0.2) is 0 Å². The van der Waals surface area contributed by atoms with Crippen molar-refractivity contribution in [1.82, 2.24) is 5.32 Å². The molecule has 1 aromatic rings. The van der Waals surface area contributed by atoms with E-state index >= 15 is 0 Å². The zero-order valence-corrected chi connectivity index (χ0v) is 15.6. The van der Waals surface area contributed by atoms with Gasteiger partial charge in [0.25, 0.3) is 0 Å². The van der Waals surface area contributed by atoms with Crippen molar-refractivity contribution in [2.45, 2.75) is 25.7 Å². The molecule has 0 amide bonds. The Hall–Kier alpha value is -0.980. The molecule has 1 aromatic carbocycles. The van der Waals surface area contributed by atoms with Gasteiger partial charge in [0, 0.05) is 38.3 Å². The standard InChI is InChI=1S/C17H26N4.HI/c1-21-12-14(9-15-7-2-3-8-16(15)21)11-20-17(18)19-10-13-5-4-6-13;/h2-3,7-8,13-14H,4-6,9-12H2,1H3,(H3,18,19,20);1H. The van der Waals surface area contributed by atoms with Gasteiger partial charge in [-0.15, -0.1) is 24.0 Å². The highest BCUT2D eigenvalue weighted by Gasteiger charge is 2.21. The number of benzene rings is 1. The van der Waals surface area contributed by atoms with E-state index < -0.39 is 0 Å². The van der Waals surface area contributed by atoms with Crippen LogP contribution in [-0.2, 0) is 6.42 Å². The van der Waals surface area contributed by atoms with Crippen LogP contribution in [0, 0.1) is 11.8 Å². The summed E-state index contributed by atoms with van der Waals surface area (Å²) < 4.78 is 0. The molecule has 0 saturated heterocycles. The second-order valence-corrected chi connectivity index (χ2v) is 6.48. The third-order valence-corrected chi connectivity index (χ3v) is 4.76. The van der Waals surface area contributed by atoms with E-state index in [2.05, 4.69) is 46.5 Å². The van der Waals surface area contributed by atoms with E-state index in [1.165, 1.54) is 30.5 Å². The van der Waals surface area contributed by atoms with Gasteiger partial charge in [0.1, 0.15) is 0 Å². The molecule has 1 heterocycles. The number of nitrogens with two attached hydrogens (primary N) is 1. The summed E-state index contributed by atoms with van der Waals surface area (Å²) in [5, 5.41) is 3.27. The van der Waals surface area contributed by atoms with Gasteiger partial charge in [-0.3, -0.25) is 4.99 Å². The Kier molecular flexibility index (Phi) is 6.35. The summed E-state index contributed by atoms with van der Waals surface area (Å²) in [5.41, 5.74) is 8.75. The molecular formula is C17H27IN4. The first-order chi connectivity index (χ1) is 10.2. The van der Waals surface area contributed by atoms with Crippen molar-refractivity contribution < 1.29 is 0 Å². The van der Waals surface area contributed by atoms with Crippen molar-refractivity contribution in [2.75, 3.05) is 31.6 Å². The molecule has 3 N–H and O–H groups in total. The molecule has 0 aromatic heterocycles. The Labute approximate surface area is 150 Å². The van der Waals surface area contributed by atoms with E-state index in [0.29, 0.717) is 11.9 Å². The number of halogens is 1. The van der Waals surface area contributed by atoms with Crippen LogP contribution in [0.4, 0.5) is 5.69 Å². The lowest BCUT2D eigenvalue weighted by Gasteiger charge is -2.32. The minimum Gasteiger partial charge on any atom is -0.374 e. The normalized spacial score (nSPS) is 21.6. The predicted molar refractivity (Wildman–Crippen MR) is 104 cm³/mol. The maximum absolute atomic E-state index is 5.97. The fourth-order valence-corrected chi connectivity index (χ4v) is 3.27. The number of guanidine groups is 1. The number of fused-ring (bicyclic) bond motifs is 1. The molecule has 1 aliphatic carbocycles. The average Bonchev–Trinajstić information content (AvgIpc) is 2.43. The quantitative estimate of drug-likeness (QED) is 0.453. The van der Waals surface area contributed by atoms with Crippen molar-refractivity contribution in [2.24, 2.45) is 22.6 Å². The number of aliphatic imine (C=N–C) groups is 1. The molecule has 1 atom stereocenters. The summed E-state index contributed by atoms with van der Waals surface area (Å²) in [6, 6.07) is 8.65. The van der Waals surface area contributed by atoms with E-state index in [1.807, 2.05) is 0 Å². The van der Waals surface area contributed by atoms with Crippen LogP contribution in [0.25, 0.3) is 0 Å². The lowest BCUT2D eigenvalue weighted by atomic mass is 9.85. The number of hydrogen-bond donors (Lipinski definition) is 2. The smallest absolute Gasteiger partial charge is 0.188 e. The average molecular weight is 414 g/mol. The molecule has 1 fully saturated rings. The van der Waals surface area contributed by atoms with E-state index in [9.17, 15) is 0 Å². The monoisotopic (exact) mass is 414 g/mol. The Morgan fingerprint density at radius 2 is 2.09 bits per heavy atom. The molecule has 1 aliphatic heterocycles. The molecule has 0 bridgehead atoms. The van der Waals surface area contributed by atoms with Gasteiger partial charge < -0.3 is 16.0 Å². The summed E-state index contributed by atoms with van der Waals surface area (Å²) in [7, 11) is 2.16. The number of nitrogens with zero attached hydrogens (tertiary/aromatic N) is 2. The fraction of sp³-hybridized carbons (Fsp3) is 0.588. The number of nitrogens with one attached hydrogen (secondary N) is 1. The molecule has 3 rings (SSSR count). The van der Waals surface area contributed by atoms with Crippen LogP contribution in [0.5, 0.6) is 0 Å². The zero-order chi connectivity index (χ0) is 14.7. The van der Waals surface area contributed by atoms with E-state index in [0.717, 1.165) is 32.0 Å². The molecule has 2 aliphatic rings. The fourth-order valence-electron chi connectivity index (χ4n) is 3.27. The van der Waals surface area contributed by atoms with Crippen LogP contribution in [0.1, 0.15) is 24.8 Å². The van der Waals surface area contributed by atoms with Crippen molar-refractivity contribution in [3.05, 3.63) is 29.8 Å². The predicted octanol–water partition coefficient (Wildman–Crippen LogP) is 2.62. The second kappa shape index (κ2) is 8.04. The van der Waals surface area contributed by atoms with E-state index in [-0.39, 0.29) is 24.0 Å². The highest BCUT2D eigenvalue weighted by molar-refractivity contribution is 14.0. The Morgan fingerprint density at radius 1 is 1.32 bits per heavy atom. The van der Waals surface area contributed by atoms with E-state index in [4.69, 9.17) is 5.73 Å². The highest BCUT2D eigenvalue weighted by atomic mass is 127. The topological polar surface area (TPSA) is 53.6 Å². The van der Waals surface area contributed by atoms with Gasteiger partial charge in [-0.1, -0.05) is 24.6 Å². The van der Waals surface area contributed by atoms with Crippen LogP contribution in [0.15, 0.2) is 29.3 Å². The minimum atomic E-state index is 0. The summed E-state index contributed by atoms with van der Waals surface area (Å²) in [6.45, 7) is 2.85. The van der Waals surface area contributed by atoms with Crippen LogP contribution < -0.4 is 16.0 Å². The van der Waals surface area contributed by atoms with Gasteiger partial charge in [-0.05, 0) is 36.8 Å². The van der Waals surface area contributed by atoms with Crippen LogP contribution in [0.3, 0.4) is 0 Å². The lowest BCUT2D eigenvalue weighted by Crippen LogP contribution is -2.38. The second-order valence-electron chi connectivity index (χ2n) is 6.48. The van der Waals surface area contributed by atoms with Crippen LogP contribution >= 0.6 is 24.0 Å². The molecule has 1 unspecified atom stereocenters. The Morgan fingerprint density at radius 3 is 2.82 bits per heavy atom. The summed E-state index contributed by atoms with van der Waals surface area (Å²) in [4.78, 5) is 6.87. The minimum absolute atomic E-state index is 0. The first kappa shape index (κ1) is 17.4. The van der Waals surface area contributed by atoms with Gasteiger partial charge in [0.15, 0.2) is 5.96 Å². The Bertz CT molecular complexity index is 513. The van der Waals surface area contributed by atoms with Crippen LogP contribution in [0.2, 0.25) is 0 Å². The molecule has 1 saturated carbocycles. The van der Waals surface area contributed by atoms with Crippen molar-refractivity contribution >= 4 is 35.6 Å². The molecule has 5 heteroatoms. The zero-order valence-electron chi connectivity index (χ0n) is 13.3. The number of rotatable bonds is 4. The van der Waals surface area contributed by atoms with Crippen LogP contribution in [-0.4, -0.2) is 32.6 Å². The number of para-hydroxylation sites is 1. The van der Waals surface area contributed by atoms with Gasteiger partial charge in [0.2, 0.25) is 0 Å². The highest BCUT2D eigenvalue weighted by Crippen LogP contribution is 2.28. The van der Waals surface area contributed by atoms with Gasteiger partial charge in [0.05, 0.1) is 0 Å². The number of anilines is 1. The lowest BCUT2D eigenvalue weighted by molar-refractivity contribution is 0.315. The SMILES string of the molecule is CN1CC(CN=C(N)NCC2CCC2)Cc2ccccc21.I. The first-order valence-corrected chi connectivity index (χ1v) is 8.05. The molecule has 4 nitrogen and oxygen atoms in total. The Balaban J connectivity index is 0.00000176. The van der Waals surface area contributed by atoms with Gasteiger partial charge in [-0.2, -0.15) is 0 Å². The maximum Gasteiger partial charge on any atom is 0.188 e. The third-order valence-electron chi connectivity index (χ3n) is 4.76. The maximum atomic E-state index is 5.97. The van der Waals surface area contributed by atoms with Crippen molar-refractivity contribution in [1.29, 1.82) is 0 Å². The van der Waals surface area contributed by atoms with Crippen molar-refractivity contribution in [3.63, 3.8) is 0 Å². The molecule has 0 spiro atoms. The van der Waals surface area contributed by atoms with E-state index in [1.54, 1.807) is 0 Å². The molecular weight excluding hydrogens is 387 g/mol. The summed E-state index contributed by atoms with van der Waals surface area (Å²) >= 11 is 0. The van der Waals surface area contributed by atoms with Crippen molar-refractivity contribution in [3.8, 4) is 0 Å².